The number of carbonyl (C=O) groups excluding carboxylic acids is 1. The van der Waals surface area contributed by atoms with Crippen molar-refractivity contribution in [2.45, 2.75) is 64.2 Å². The van der Waals surface area contributed by atoms with Crippen LogP contribution in [0, 0.1) is 0 Å². The fourth-order valence-electron chi connectivity index (χ4n) is 3.37. The average Bonchev–Trinajstić information content (AvgIpc) is 2.76. The van der Waals surface area contributed by atoms with Gasteiger partial charge in [0.05, 0.1) is 10.5 Å². The molecule has 0 atom stereocenters. The van der Waals surface area contributed by atoms with Gasteiger partial charge in [-0.15, -0.1) is 0 Å². The van der Waals surface area contributed by atoms with Crippen LogP contribution in [0.3, 0.4) is 0 Å². The van der Waals surface area contributed by atoms with E-state index in [0.717, 1.165) is 47.2 Å². The predicted molar refractivity (Wildman–Crippen MR) is 139 cm³/mol. The molecule has 0 bridgehead atoms. The summed E-state index contributed by atoms with van der Waals surface area (Å²) in [5, 5.41) is 8.97. The molecule has 0 saturated heterocycles. The summed E-state index contributed by atoms with van der Waals surface area (Å²) in [5.74, 6) is -1.27. The molecule has 2 aromatic carbocycles. The molecule has 2 aromatic rings. The number of sulfonamides is 1. The molecular formula is C27H35NO7S. The second kappa shape index (κ2) is 11.3. The molecule has 196 valence electrons. The molecule has 0 fully saturated rings. The Morgan fingerprint density at radius 3 is 1.94 bits per heavy atom. The van der Waals surface area contributed by atoms with Crippen molar-refractivity contribution >= 4 is 28.0 Å². The molecule has 9 heteroatoms. The molecule has 0 heterocycles. The Morgan fingerprint density at radius 2 is 1.50 bits per heavy atom. The Balaban J connectivity index is 2.38. The van der Waals surface area contributed by atoms with E-state index in [0.29, 0.717) is 12.2 Å². The third-order valence-electron chi connectivity index (χ3n) is 5.29. The highest BCUT2D eigenvalue weighted by Gasteiger charge is 2.28. The minimum absolute atomic E-state index is 0.0573. The number of hydrogen-bond acceptors (Lipinski definition) is 6. The van der Waals surface area contributed by atoms with Crippen LogP contribution in [-0.4, -0.2) is 38.8 Å². The molecule has 0 spiro atoms. The predicted octanol–water partition coefficient (Wildman–Crippen LogP) is 4.87. The van der Waals surface area contributed by atoms with Gasteiger partial charge in [-0.25, -0.2) is 17.9 Å². The SMILES string of the molecule is CCOCOc1c(C(C)(C)C)cc(C=CC(=O)NS(=O)(=O)c2ccc(C(=O)O)cc2)cc1C(C)(C)C. The Labute approximate surface area is 213 Å². The molecular weight excluding hydrogens is 482 g/mol. The fraction of sp³-hybridized carbons (Fsp3) is 0.407. The van der Waals surface area contributed by atoms with E-state index in [1.54, 1.807) is 6.08 Å². The number of rotatable bonds is 9. The number of aromatic carboxylic acids is 1. The number of benzene rings is 2. The molecule has 8 nitrogen and oxygen atoms in total. The highest BCUT2D eigenvalue weighted by Crippen LogP contribution is 2.41. The van der Waals surface area contributed by atoms with E-state index in [9.17, 15) is 18.0 Å². The van der Waals surface area contributed by atoms with Crippen LogP contribution in [0.25, 0.3) is 6.08 Å². The van der Waals surface area contributed by atoms with Gasteiger partial charge in [-0.1, -0.05) is 41.5 Å². The summed E-state index contributed by atoms with van der Waals surface area (Å²) >= 11 is 0. The highest BCUT2D eigenvalue weighted by atomic mass is 32.2. The fourth-order valence-corrected chi connectivity index (χ4v) is 4.32. The summed E-state index contributed by atoms with van der Waals surface area (Å²) < 4.78 is 38.5. The molecule has 0 radical (unpaired) electrons. The molecule has 0 aliphatic carbocycles. The van der Waals surface area contributed by atoms with Gasteiger partial charge < -0.3 is 14.6 Å². The van der Waals surface area contributed by atoms with Crippen molar-refractivity contribution in [3.63, 3.8) is 0 Å². The van der Waals surface area contributed by atoms with Crippen LogP contribution in [-0.2, 0) is 30.4 Å². The van der Waals surface area contributed by atoms with E-state index >= 15 is 0 Å². The lowest BCUT2D eigenvalue weighted by molar-refractivity contribution is -0.114. The van der Waals surface area contributed by atoms with Crippen molar-refractivity contribution in [1.82, 2.24) is 4.72 Å². The summed E-state index contributed by atoms with van der Waals surface area (Å²) in [7, 11) is -4.17. The summed E-state index contributed by atoms with van der Waals surface area (Å²) in [5.41, 5.74) is 1.96. The normalized spacial score (nSPS) is 12.5. The number of hydrogen-bond donors (Lipinski definition) is 2. The van der Waals surface area contributed by atoms with Crippen LogP contribution in [0.2, 0.25) is 0 Å². The summed E-state index contributed by atoms with van der Waals surface area (Å²) in [6.45, 7) is 14.9. The zero-order valence-electron chi connectivity index (χ0n) is 21.8. The lowest BCUT2D eigenvalue weighted by Gasteiger charge is -2.30. The molecule has 0 unspecified atom stereocenters. The van der Waals surface area contributed by atoms with Gasteiger partial charge in [0.1, 0.15) is 5.75 Å². The van der Waals surface area contributed by atoms with Crippen molar-refractivity contribution < 1.29 is 32.6 Å². The number of carboxylic acid groups (broad SMARTS) is 1. The summed E-state index contributed by atoms with van der Waals surface area (Å²) in [6, 6.07) is 8.42. The molecule has 36 heavy (non-hydrogen) atoms. The first kappa shape index (κ1) is 29.1. The van der Waals surface area contributed by atoms with Crippen molar-refractivity contribution in [2.24, 2.45) is 0 Å². The number of ether oxygens (including phenoxy) is 2. The van der Waals surface area contributed by atoms with E-state index in [4.69, 9.17) is 14.6 Å². The zero-order valence-corrected chi connectivity index (χ0v) is 22.7. The van der Waals surface area contributed by atoms with Crippen LogP contribution in [0.4, 0.5) is 0 Å². The first-order chi connectivity index (χ1) is 16.6. The highest BCUT2D eigenvalue weighted by molar-refractivity contribution is 7.90. The zero-order chi connectivity index (χ0) is 27.3. The maximum atomic E-state index is 12.5. The quantitative estimate of drug-likeness (QED) is 0.277. The monoisotopic (exact) mass is 517 g/mol. The van der Waals surface area contributed by atoms with E-state index < -0.39 is 21.9 Å². The molecule has 1 amide bonds. The van der Waals surface area contributed by atoms with Gasteiger partial charge in [0.15, 0.2) is 6.79 Å². The third kappa shape index (κ3) is 7.66. The topological polar surface area (TPSA) is 119 Å². The summed E-state index contributed by atoms with van der Waals surface area (Å²) in [4.78, 5) is 23.2. The van der Waals surface area contributed by atoms with Gasteiger partial charge in [-0.05, 0) is 65.8 Å². The lowest BCUT2D eigenvalue weighted by atomic mass is 9.78. The second-order valence-electron chi connectivity index (χ2n) is 10.3. The van der Waals surface area contributed by atoms with Crippen LogP contribution >= 0.6 is 0 Å². The number of carboxylic acids is 1. The Kier molecular flexibility index (Phi) is 9.09. The van der Waals surface area contributed by atoms with Gasteiger partial charge >= 0.3 is 5.97 Å². The first-order valence-corrected chi connectivity index (χ1v) is 13.0. The Morgan fingerprint density at radius 1 is 0.972 bits per heavy atom. The number of carbonyl (C=O) groups is 2. The van der Waals surface area contributed by atoms with Crippen molar-refractivity contribution in [2.75, 3.05) is 13.4 Å². The molecule has 0 saturated carbocycles. The molecule has 2 rings (SSSR count). The van der Waals surface area contributed by atoms with Crippen molar-refractivity contribution in [1.29, 1.82) is 0 Å². The van der Waals surface area contributed by atoms with E-state index in [1.807, 2.05) is 23.8 Å². The van der Waals surface area contributed by atoms with Crippen LogP contribution in [0.15, 0.2) is 47.4 Å². The van der Waals surface area contributed by atoms with E-state index in [-0.39, 0.29) is 28.1 Å². The van der Waals surface area contributed by atoms with Crippen molar-refractivity contribution in [3.8, 4) is 5.75 Å². The van der Waals surface area contributed by atoms with Gasteiger partial charge in [0, 0.05) is 23.8 Å². The Hall–Kier alpha value is -3.17. The standard InChI is InChI=1S/C27H35NO7S/c1-8-34-17-35-24-21(26(2,3)4)15-18(16-22(24)27(5,6)7)9-14-23(29)28-36(32,33)20-12-10-19(11-13-20)25(30)31/h9-16H,8,17H2,1-7H3,(H,28,29)(H,30,31). The van der Waals surface area contributed by atoms with Gasteiger partial charge in [-0.2, -0.15) is 0 Å². The molecule has 0 aromatic heterocycles. The van der Waals surface area contributed by atoms with Crippen LogP contribution in [0.1, 0.15) is 75.5 Å². The number of nitrogens with one attached hydrogen (secondary N) is 1. The van der Waals surface area contributed by atoms with Crippen LogP contribution < -0.4 is 9.46 Å². The maximum Gasteiger partial charge on any atom is 0.335 e. The minimum Gasteiger partial charge on any atom is -0.478 e. The maximum absolute atomic E-state index is 12.5. The lowest BCUT2D eigenvalue weighted by Crippen LogP contribution is -2.29. The molecule has 0 aliphatic rings. The van der Waals surface area contributed by atoms with Gasteiger partial charge in [0.25, 0.3) is 15.9 Å². The first-order valence-electron chi connectivity index (χ1n) is 11.5. The van der Waals surface area contributed by atoms with Crippen LogP contribution in [0.5, 0.6) is 5.75 Å². The number of amides is 1. The molecule has 0 aliphatic heterocycles. The smallest absolute Gasteiger partial charge is 0.335 e. The summed E-state index contributed by atoms with van der Waals surface area (Å²) in [6.07, 6.45) is 2.70. The largest absolute Gasteiger partial charge is 0.478 e. The van der Waals surface area contributed by atoms with E-state index in [1.165, 1.54) is 0 Å². The van der Waals surface area contributed by atoms with Gasteiger partial charge in [0.2, 0.25) is 0 Å². The minimum atomic E-state index is -4.17. The van der Waals surface area contributed by atoms with E-state index in [2.05, 4.69) is 41.5 Å². The van der Waals surface area contributed by atoms with Gasteiger partial charge in [-0.3, -0.25) is 4.79 Å². The molecule has 2 N–H and O–H groups in total. The van der Waals surface area contributed by atoms with Crippen molar-refractivity contribution in [3.05, 3.63) is 64.7 Å². The average molecular weight is 518 g/mol. The Bertz CT molecular complexity index is 1200. The third-order valence-corrected chi connectivity index (χ3v) is 6.65. The second-order valence-corrected chi connectivity index (χ2v) is 12.0.